The Morgan fingerprint density at radius 1 is 1.00 bits per heavy atom. The Labute approximate surface area is 246 Å². The summed E-state index contributed by atoms with van der Waals surface area (Å²) in [5.41, 5.74) is 7.03. The number of aryl methyl sites for hydroxylation is 1. The number of nitrogen functional groups attached to an aromatic ring is 1. The Hall–Kier alpha value is -5.99. The maximum absolute atomic E-state index is 14.3. The van der Waals surface area contributed by atoms with Gasteiger partial charge in [0.05, 0.1) is 6.04 Å². The van der Waals surface area contributed by atoms with Crippen LogP contribution in [0.15, 0.2) is 67.7 Å². The molecular formula is C29H23FN8O6. The number of rotatable bonds is 9. The van der Waals surface area contributed by atoms with Crippen LogP contribution in [-0.2, 0) is 19.5 Å². The molecule has 0 aliphatic heterocycles. The quantitative estimate of drug-likeness (QED) is 0.151. The molecule has 2 amide bonds. The lowest BCUT2D eigenvalue weighted by Crippen LogP contribution is -2.37. The number of amides is 2. The van der Waals surface area contributed by atoms with E-state index in [0.29, 0.717) is 29.8 Å². The minimum absolute atomic E-state index is 0.00290. The van der Waals surface area contributed by atoms with Crippen molar-refractivity contribution in [3.8, 4) is 11.4 Å². The molecule has 1 aliphatic carbocycles. The Morgan fingerprint density at radius 3 is 2.55 bits per heavy atom. The van der Waals surface area contributed by atoms with E-state index in [0.717, 1.165) is 17.5 Å². The molecule has 0 spiro atoms. The van der Waals surface area contributed by atoms with Gasteiger partial charge < -0.3 is 21.7 Å². The number of halogens is 1. The highest BCUT2D eigenvalue weighted by molar-refractivity contribution is 5.97. The monoisotopic (exact) mass is 598 g/mol. The van der Waals surface area contributed by atoms with E-state index >= 15 is 0 Å². The van der Waals surface area contributed by atoms with Crippen LogP contribution in [0.2, 0.25) is 0 Å². The second-order valence-electron chi connectivity index (χ2n) is 10.1. The predicted molar refractivity (Wildman–Crippen MR) is 154 cm³/mol. The van der Waals surface area contributed by atoms with Crippen molar-refractivity contribution in [1.82, 2.24) is 30.7 Å². The standard InChI is InChI=1S/C29H23FN8O6/c30-18-5-1-13(7-16(18)11-32-23-22(31)24(39)25(23)40)10-33-27(41)20-9-21(35-12-34-20)28(42)36-19-6-3-14-8-15(2-4-17(14)19)26-37-29(43)44-38-26/h1-2,4-5,7-9,12,19,32H,3,6,10-11,31H2,(H,33,41)(H,36,42)(H,37,38,43)/t19-/m0/s1. The second-order valence-corrected chi connectivity index (χ2v) is 10.1. The molecule has 0 radical (unpaired) electrons. The Bertz CT molecular complexity index is 2060. The summed E-state index contributed by atoms with van der Waals surface area (Å²) < 4.78 is 18.9. The Balaban J connectivity index is 1.07. The lowest BCUT2D eigenvalue weighted by atomic mass is 10.0. The molecule has 15 heteroatoms. The van der Waals surface area contributed by atoms with Crippen molar-refractivity contribution in [2.45, 2.75) is 32.0 Å². The van der Waals surface area contributed by atoms with Gasteiger partial charge in [-0.3, -0.25) is 28.7 Å². The molecule has 44 heavy (non-hydrogen) atoms. The van der Waals surface area contributed by atoms with Crippen LogP contribution >= 0.6 is 0 Å². The third kappa shape index (κ3) is 5.45. The first kappa shape index (κ1) is 28.1. The van der Waals surface area contributed by atoms with Crippen LogP contribution in [0.3, 0.4) is 0 Å². The lowest BCUT2D eigenvalue weighted by molar-refractivity contribution is 0.0931. The number of aromatic nitrogens is 4. The highest BCUT2D eigenvalue weighted by Gasteiger charge is 2.26. The molecule has 14 nitrogen and oxygen atoms in total. The molecule has 5 aromatic rings. The number of fused-ring (bicyclic) bond motifs is 1. The summed E-state index contributed by atoms with van der Waals surface area (Å²) in [6.45, 7) is -0.0782. The van der Waals surface area contributed by atoms with Gasteiger partial charge in [-0.05, 0) is 47.7 Å². The minimum Gasteiger partial charge on any atom is -0.394 e. The topological polar surface area (TPSA) is 215 Å². The van der Waals surface area contributed by atoms with Crippen LogP contribution in [0, 0.1) is 5.82 Å². The van der Waals surface area contributed by atoms with Crippen molar-refractivity contribution in [2.24, 2.45) is 0 Å². The predicted octanol–water partition coefficient (Wildman–Crippen LogP) is 1.10. The van der Waals surface area contributed by atoms with Crippen LogP contribution in [0.4, 0.5) is 15.8 Å². The number of hydrogen-bond acceptors (Lipinski definition) is 11. The van der Waals surface area contributed by atoms with E-state index in [-0.39, 0.29) is 47.5 Å². The van der Waals surface area contributed by atoms with Gasteiger partial charge in [-0.15, -0.1) is 0 Å². The summed E-state index contributed by atoms with van der Waals surface area (Å²) in [7, 11) is 0. The molecular weight excluding hydrogens is 575 g/mol. The average molecular weight is 599 g/mol. The van der Waals surface area contributed by atoms with Gasteiger partial charge in [0.25, 0.3) is 22.7 Å². The fraction of sp³-hybridized carbons (Fsp3) is 0.172. The van der Waals surface area contributed by atoms with Crippen molar-refractivity contribution >= 4 is 23.2 Å². The molecule has 2 heterocycles. The lowest BCUT2D eigenvalue weighted by Gasteiger charge is -2.14. The molecule has 3 aromatic carbocycles. The number of hydrogen-bond donors (Lipinski definition) is 5. The largest absolute Gasteiger partial charge is 0.439 e. The summed E-state index contributed by atoms with van der Waals surface area (Å²) in [5, 5.41) is 12.0. The summed E-state index contributed by atoms with van der Waals surface area (Å²) in [6, 6.07) is 10.7. The molecule has 1 aliphatic rings. The van der Waals surface area contributed by atoms with Gasteiger partial charge in [-0.2, -0.15) is 0 Å². The number of aromatic amines is 1. The van der Waals surface area contributed by atoms with Crippen molar-refractivity contribution in [3.05, 3.63) is 119 Å². The molecule has 0 saturated carbocycles. The molecule has 6 N–H and O–H groups in total. The van der Waals surface area contributed by atoms with E-state index < -0.39 is 34.2 Å². The van der Waals surface area contributed by atoms with E-state index in [1.54, 1.807) is 6.07 Å². The normalized spacial score (nSPS) is 13.9. The third-order valence-electron chi connectivity index (χ3n) is 7.34. The zero-order valence-corrected chi connectivity index (χ0v) is 22.8. The van der Waals surface area contributed by atoms with Crippen LogP contribution < -0.4 is 38.3 Å². The second kappa shape index (κ2) is 11.4. The molecule has 0 saturated heterocycles. The Kier molecular flexibility index (Phi) is 7.26. The van der Waals surface area contributed by atoms with E-state index in [2.05, 4.69) is 40.6 Å². The number of benzene rings is 2. The maximum Gasteiger partial charge on any atom is 0.439 e. The number of carbonyl (C=O) groups is 2. The smallest absolute Gasteiger partial charge is 0.394 e. The summed E-state index contributed by atoms with van der Waals surface area (Å²) >= 11 is 0. The molecule has 222 valence electrons. The molecule has 0 fully saturated rings. The third-order valence-corrected chi connectivity index (χ3v) is 7.34. The van der Waals surface area contributed by atoms with Crippen LogP contribution in [0.25, 0.3) is 11.4 Å². The highest BCUT2D eigenvalue weighted by Crippen LogP contribution is 2.33. The number of carbonyl (C=O) groups excluding carboxylic acids is 2. The van der Waals surface area contributed by atoms with E-state index in [1.807, 2.05) is 12.1 Å². The van der Waals surface area contributed by atoms with E-state index in [9.17, 15) is 28.4 Å². The highest BCUT2D eigenvalue weighted by atomic mass is 19.1. The van der Waals surface area contributed by atoms with Gasteiger partial charge in [-0.1, -0.05) is 23.4 Å². The Morgan fingerprint density at radius 2 is 1.80 bits per heavy atom. The summed E-state index contributed by atoms with van der Waals surface area (Å²) in [4.78, 5) is 70.5. The van der Waals surface area contributed by atoms with Crippen molar-refractivity contribution in [3.63, 3.8) is 0 Å². The molecule has 6 rings (SSSR count). The number of nitrogens with one attached hydrogen (secondary N) is 4. The van der Waals surface area contributed by atoms with Gasteiger partial charge in [0.15, 0.2) is 5.82 Å². The number of nitrogens with zero attached hydrogens (tertiary/aromatic N) is 3. The van der Waals surface area contributed by atoms with Gasteiger partial charge in [0, 0.05) is 30.3 Å². The molecule has 1 atom stereocenters. The fourth-order valence-corrected chi connectivity index (χ4v) is 5.02. The SMILES string of the molecule is Nc1c(NCc2cc(CNC(=O)c3cc(C(=O)N[C@H]4CCc5cc(-c6noc(=O)[nH]6)ccc54)ncn3)ccc2F)c(=O)c1=O. The van der Waals surface area contributed by atoms with Gasteiger partial charge in [-0.25, -0.2) is 19.2 Å². The first-order valence-corrected chi connectivity index (χ1v) is 13.4. The summed E-state index contributed by atoms with van der Waals surface area (Å²) in [5.74, 6) is -1.94. The number of H-pyrrole nitrogens is 1. The first-order chi connectivity index (χ1) is 21.2. The zero-order valence-electron chi connectivity index (χ0n) is 22.8. The van der Waals surface area contributed by atoms with Gasteiger partial charge >= 0.3 is 5.76 Å². The van der Waals surface area contributed by atoms with E-state index in [1.165, 1.54) is 24.3 Å². The van der Waals surface area contributed by atoms with Crippen molar-refractivity contribution in [2.75, 3.05) is 11.1 Å². The van der Waals surface area contributed by atoms with Gasteiger partial charge in [0.1, 0.15) is 34.9 Å². The van der Waals surface area contributed by atoms with E-state index in [4.69, 9.17) is 5.73 Å². The van der Waals surface area contributed by atoms with Gasteiger partial charge in [0.2, 0.25) is 0 Å². The molecule has 2 aromatic heterocycles. The van der Waals surface area contributed by atoms with Crippen LogP contribution in [-0.4, -0.2) is 31.9 Å². The van der Waals surface area contributed by atoms with Crippen LogP contribution in [0.5, 0.6) is 0 Å². The zero-order chi connectivity index (χ0) is 31.0. The van der Waals surface area contributed by atoms with Crippen LogP contribution in [0.1, 0.15) is 55.7 Å². The first-order valence-electron chi connectivity index (χ1n) is 13.4. The minimum atomic E-state index is -0.780. The summed E-state index contributed by atoms with van der Waals surface area (Å²) in [6.07, 6.45) is 2.46. The fourth-order valence-electron chi connectivity index (χ4n) is 5.02. The molecule has 0 bridgehead atoms. The van der Waals surface area contributed by atoms with Crippen molar-refractivity contribution < 1.29 is 18.5 Å². The number of nitrogens with two attached hydrogens (primary N) is 1. The molecule has 0 unspecified atom stereocenters. The van der Waals surface area contributed by atoms with Crippen molar-refractivity contribution in [1.29, 1.82) is 0 Å². The maximum atomic E-state index is 14.3. The average Bonchev–Trinajstić information content (AvgIpc) is 3.66. The number of anilines is 2.